The summed E-state index contributed by atoms with van der Waals surface area (Å²) in [5, 5.41) is 10.8. The number of piperazine rings is 1. The van der Waals surface area contributed by atoms with E-state index >= 15 is 0 Å². The molecule has 1 amide bonds. The lowest BCUT2D eigenvalue weighted by molar-refractivity contribution is -0.384. The predicted molar refractivity (Wildman–Crippen MR) is 87.4 cm³/mol. The van der Waals surface area contributed by atoms with Gasteiger partial charge in [-0.2, -0.15) is 0 Å². The Bertz CT molecular complexity index is 621. The second-order valence-corrected chi connectivity index (χ2v) is 6.06. The van der Waals surface area contributed by atoms with Crippen LogP contribution >= 0.6 is 0 Å². The number of hydrogen-bond donors (Lipinski definition) is 0. The molecule has 1 heterocycles. The molecular weight excluding hydrogens is 294 g/mol. The van der Waals surface area contributed by atoms with Crippen molar-refractivity contribution in [2.24, 2.45) is 0 Å². The molecule has 2 aliphatic rings. The summed E-state index contributed by atoms with van der Waals surface area (Å²) in [4.78, 5) is 27.1. The molecule has 1 saturated heterocycles. The third-order valence-corrected chi connectivity index (χ3v) is 4.60. The van der Waals surface area contributed by atoms with E-state index in [1.165, 1.54) is 31.4 Å². The Morgan fingerprint density at radius 1 is 1.22 bits per heavy atom. The third-order valence-electron chi connectivity index (χ3n) is 4.60. The van der Waals surface area contributed by atoms with E-state index < -0.39 is 4.92 Å². The van der Waals surface area contributed by atoms with Crippen LogP contribution in [-0.4, -0.2) is 52.9 Å². The average molecular weight is 315 g/mol. The highest BCUT2D eigenvalue weighted by molar-refractivity contribution is 5.94. The fraction of sp³-hybridized carbons (Fsp3) is 0.471. The maximum Gasteiger partial charge on any atom is 0.270 e. The number of rotatable bonds is 3. The number of carbonyl (C=O) groups is 1. The van der Waals surface area contributed by atoms with Gasteiger partial charge in [0, 0.05) is 49.9 Å². The molecule has 6 heteroatoms. The molecule has 0 unspecified atom stereocenters. The van der Waals surface area contributed by atoms with E-state index in [0.717, 1.165) is 13.1 Å². The number of amides is 1. The molecule has 1 fully saturated rings. The van der Waals surface area contributed by atoms with E-state index in [9.17, 15) is 14.9 Å². The van der Waals surface area contributed by atoms with Gasteiger partial charge in [-0.15, -0.1) is 0 Å². The van der Waals surface area contributed by atoms with Crippen LogP contribution in [0.5, 0.6) is 0 Å². The summed E-state index contributed by atoms with van der Waals surface area (Å²) in [6.45, 7) is 3.06. The highest BCUT2D eigenvalue weighted by atomic mass is 16.6. The summed E-state index contributed by atoms with van der Waals surface area (Å²) in [5.41, 5.74) is 0.354. The Morgan fingerprint density at radius 2 is 2.00 bits per heavy atom. The van der Waals surface area contributed by atoms with Gasteiger partial charge in [-0.3, -0.25) is 19.8 Å². The Balaban J connectivity index is 1.62. The summed E-state index contributed by atoms with van der Waals surface area (Å²) < 4.78 is 0. The minimum atomic E-state index is -0.468. The Morgan fingerprint density at radius 3 is 2.65 bits per heavy atom. The summed E-state index contributed by atoms with van der Waals surface area (Å²) in [7, 11) is 0. The maximum absolute atomic E-state index is 12.5. The van der Waals surface area contributed by atoms with Crippen molar-refractivity contribution in [3.05, 3.63) is 52.1 Å². The molecule has 0 N–H and O–H groups in total. The molecule has 1 aliphatic carbocycles. The predicted octanol–water partition coefficient (Wildman–Crippen LogP) is 2.46. The lowest BCUT2D eigenvalue weighted by Gasteiger charge is -2.39. The molecule has 0 spiro atoms. The number of allylic oxidation sites excluding steroid dienone is 1. The zero-order valence-electron chi connectivity index (χ0n) is 13.1. The normalized spacial score (nSPS) is 22.1. The van der Waals surface area contributed by atoms with Crippen LogP contribution in [0.15, 0.2) is 36.4 Å². The molecule has 1 aromatic rings. The molecule has 6 nitrogen and oxygen atoms in total. The van der Waals surface area contributed by atoms with Gasteiger partial charge in [0.1, 0.15) is 0 Å². The summed E-state index contributed by atoms with van der Waals surface area (Å²) in [5.74, 6) is -0.118. The fourth-order valence-corrected chi connectivity index (χ4v) is 3.29. The topological polar surface area (TPSA) is 66.7 Å². The van der Waals surface area contributed by atoms with Gasteiger partial charge in [-0.25, -0.2) is 0 Å². The highest BCUT2D eigenvalue weighted by Crippen LogP contribution is 2.20. The monoisotopic (exact) mass is 315 g/mol. The van der Waals surface area contributed by atoms with Crippen molar-refractivity contribution >= 4 is 11.6 Å². The second kappa shape index (κ2) is 6.91. The zero-order valence-corrected chi connectivity index (χ0v) is 13.1. The van der Waals surface area contributed by atoms with Crippen LogP contribution in [0.3, 0.4) is 0 Å². The van der Waals surface area contributed by atoms with Crippen LogP contribution in [-0.2, 0) is 0 Å². The smallest absolute Gasteiger partial charge is 0.270 e. The van der Waals surface area contributed by atoms with Crippen LogP contribution in [0.1, 0.15) is 29.6 Å². The number of carbonyl (C=O) groups excluding carboxylic acids is 1. The molecule has 1 aromatic carbocycles. The largest absolute Gasteiger partial charge is 0.336 e. The Hall–Kier alpha value is -2.21. The first-order valence-electron chi connectivity index (χ1n) is 8.09. The minimum Gasteiger partial charge on any atom is -0.336 e. The van der Waals surface area contributed by atoms with Crippen molar-refractivity contribution in [1.82, 2.24) is 9.80 Å². The van der Waals surface area contributed by atoms with Gasteiger partial charge >= 0.3 is 0 Å². The van der Waals surface area contributed by atoms with E-state index in [1.54, 1.807) is 17.0 Å². The van der Waals surface area contributed by atoms with Crippen molar-refractivity contribution in [3.63, 3.8) is 0 Å². The molecule has 0 radical (unpaired) electrons. The minimum absolute atomic E-state index is 0.0400. The lowest BCUT2D eigenvalue weighted by atomic mass is 10.0. The van der Waals surface area contributed by atoms with E-state index in [1.807, 2.05) is 0 Å². The van der Waals surface area contributed by atoms with Gasteiger partial charge in [0.15, 0.2) is 0 Å². The molecule has 0 bridgehead atoms. The van der Waals surface area contributed by atoms with Gasteiger partial charge in [0.2, 0.25) is 0 Å². The fourth-order valence-electron chi connectivity index (χ4n) is 3.29. The highest BCUT2D eigenvalue weighted by Gasteiger charge is 2.26. The molecule has 0 aromatic heterocycles. The summed E-state index contributed by atoms with van der Waals surface area (Å²) >= 11 is 0. The van der Waals surface area contributed by atoms with Crippen LogP contribution in [0.2, 0.25) is 0 Å². The van der Waals surface area contributed by atoms with Crippen LogP contribution in [0.25, 0.3) is 0 Å². The van der Waals surface area contributed by atoms with Crippen molar-refractivity contribution in [2.45, 2.75) is 25.3 Å². The number of benzene rings is 1. The number of nitro benzene ring substituents is 1. The van der Waals surface area contributed by atoms with Crippen LogP contribution in [0.4, 0.5) is 5.69 Å². The number of nitro groups is 1. The van der Waals surface area contributed by atoms with E-state index in [2.05, 4.69) is 17.1 Å². The second-order valence-electron chi connectivity index (χ2n) is 6.06. The van der Waals surface area contributed by atoms with Crippen molar-refractivity contribution in [2.75, 3.05) is 26.2 Å². The van der Waals surface area contributed by atoms with Gasteiger partial charge in [0.25, 0.3) is 11.6 Å². The lowest BCUT2D eigenvalue weighted by Crippen LogP contribution is -2.51. The Labute approximate surface area is 135 Å². The molecule has 23 heavy (non-hydrogen) atoms. The first-order valence-corrected chi connectivity index (χ1v) is 8.09. The van der Waals surface area contributed by atoms with E-state index in [4.69, 9.17) is 0 Å². The molecule has 1 atom stereocenters. The molecular formula is C17H21N3O3. The van der Waals surface area contributed by atoms with Gasteiger partial charge in [0.05, 0.1) is 4.92 Å². The quantitative estimate of drug-likeness (QED) is 0.488. The summed E-state index contributed by atoms with van der Waals surface area (Å²) in [6.07, 6.45) is 8.11. The molecule has 1 aliphatic heterocycles. The zero-order chi connectivity index (χ0) is 16.2. The van der Waals surface area contributed by atoms with Gasteiger partial charge < -0.3 is 4.90 Å². The molecule has 3 rings (SSSR count). The first-order chi connectivity index (χ1) is 11.1. The molecule has 0 saturated carbocycles. The van der Waals surface area contributed by atoms with Crippen LogP contribution < -0.4 is 0 Å². The summed E-state index contributed by atoms with van der Waals surface area (Å²) in [6, 6.07) is 6.47. The van der Waals surface area contributed by atoms with Crippen molar-refractivity contribution in [3.8, 4) is 0 Å². The standard InChI is InChI=1S/C17H21N3O3/c21-17(14-5-4-8-16(13-14)20(22)23)19-11-9-18(10-12-19)15-6-2-1-3-7-15/h2,4-6,8,13,15H,1,3,7,9-12H2/t15-/m1/s1. The average Bonchev–Trinajstić information content (AvgIpc) is 2.62. The van der Waals surface area contributed by atoms with E-state index in [-0.39, 0.29) is 11.6 Å². The van der Waals surface area contributed by atoms with Gasteiger partial charge in [-0.1, -0.05) is 18.2 Å². The number of hydrogen-bond acceptors (Lipinski definition) is 4. The third kappa shape index (κ3) is 3.59. The van der Waals surface area contributed by atoms with Crippen molar-refractivity contribution < 1.29 is 9.72 Å². The Kier molecular flexibility index (Phi) is 4.71. The van der Waals surface area contributed by atoms with Crippen molar-refractivity contribution in [1.29, 1.82) is 0 Å². The maximum atomic E-state index is 12.5. The van der Waals surface area contributed by atoms with E-state index in [0.29, 0.717) is 24.7 Å². The first kappa shape index (κ1) is 15.7. The number of nitrogens with zero attached hydrogens (tertiary/aromatic N) is 3. The SMILES string of the molecule is O=C(c1cccc([N+](=O)[O-])c1)N1CCN([C@@H]2C=CCCC2)CC1. The number of non-ortho nitro benzene ring substituents is 1. The van der Waals surface area contributed by atoms with Gasteiger partial charge in [-0.05, 0) is 25.3 Å². The molecule has 122 valence electrons. The van der Waals surface area contributed by atoms with Crippen LogP contribution in [0, 0.1) is 10.1 Å².